The minimum atomic E-state index is -1.72. The van der Waals surface area contributed by atoms with Crippen molar-refractivity contribution >= 4 is 5.97 Å². The maximum Gasteiger partial charge on any atom is 0.187 e. The second kappa shape index (κ2) is 20.7. The van der Waals surface area contributed by atoms with Gasteiger partial charge < -0.3 is 64.6 Å². The third-order valence-corrected chi connectivity index (χ3v) is 7.98. The zero-order chi connectivity index (χ0) is 31.8. The highest BCUT2D eigenvalue weighted by Gasteiger charge is 2.51. The first-order valence-corrected chi connectivity index (χ1v) is 15.7. The molecule has 0 spiro atoms. The molecule has 0 amide bonds. The molecule has 2 rings (SSSR count). The quantitative estimate of drug-likeness (QED) is 0.0629. The van der Waals surface area contributed by atoms with Crippen LogP contribution in [-0.2, 0) is 23.7 Å². The molecule has 13 heteroatoms. The summed E-state index contributed by atoms with van der Waals surface area (Å²) in [6.07, 6.45) is 1.12. The molecule has 0 aliphatic carbocycles. The first kappa shape index (κ1) is 38.0. The van der Waals surface area contributed by atoms with E-state index >= 15 is 0 Å². The Kier molecular flexibility index (Phi) is 18.3. The highest BCUT2D eigenvalue weighted by molar-refractivity contribution is 5.64. The van der Waals surface area contributed by atoms with Crippen molar-refractivity contribution in [2.45, 2.75) is 158 Å². The fourth-order valence-electron chi connectivity index (χ4n) is 5.29. The molecule has 2 aliphatic rings. The number of carbonyl (C=O) groups excluding carboxylic acids is 1. The number of hydrogen-bond donors (Lipinski definition) is 7. The van der Waals surface area contributed by atoms with Gasteiger partial charge in [0.15, 0.2) is 12.6 Å². The van der Waals surface area contributed by atoms with Gasteiger partial charge >= 0.3 is 0 Å². The molecule has 0 aromatic carbocycles. The second-order valence-electron chi connectivity index (χ2n) is 11.6. The number of hydrogen-bond acceptors (Lipinski definition) is 13. The predicted molar refractivity (Wildman–Crippen MR) is 151 cm³/mol. The molecule has 2 aliphatic heterocycles. The van der Waals surface area contributed by atoms with E-state index in [1.165, 1.54) is 0 Å². The molecule has 2 fully saturated rings. The Bertz CT molecular complexity index is 781. The van der Waals surface area contributed by atoms with Crippen LogP contribution in [-0.4, -0.2) is 122 Å². The van der Waals surface area contributed by atoms with Gasteiger partial charge in [-0.15, -0.1) is 0 Å². The van der Waals surface area contributed by atoms with E-state index in [0.29, 0.717) is 12.8 Å². The molecule has 13 nitrogen and oxygen atoms in total. The van der Waals surface area contributed by atoms with Crippen LogP contribution >= 0.6 is 0 Å². The van der Waals surface area contributed by atoms with Gasteiger partial charge in [-0.1, -0.05) is 50.7 Å². The summed E-state index contributed by atoms with van der Waals surface area (Å²) in [6.45, 7) is 0.584. The van der Waals surface area contributed by atoms with Gasteiger partial charge in [-0.25, -0.2) is 0 Å². The van der Waals surface area contributed by atoms with E-state index in [-0.39, 0.29) is 12.5 Å². The molecular formula is C30H53O13-. The Balaban J connectivity index is 1.71. The predicted octanol–water partition coefficient (Wildman–Crippen LogP) is -0.607. The van der Waals surface area contributed by atoms with Crippen molar-refractivity contribution in [1.82, 2.24) is 0 Å². The lowest BCUT2D eigenvalue weighted by Gasteiger charge is -2.46. The van der Waals surface area contributed by atoms with Gasteiger partial charge in [0, 0.05) is 5.97 Å². The zero-order valence-corrected chi connectivity index (χ0v) is 25.2. The topological polar surface area (TPSA) is 219 Å². The summed E-state index contributed by atoms with van der Waals surface area (Å²) in [7, 11) is 0. The standard InChI is InChI=1S/C30H54O13/c1-19(15-13-11-9-7-5-3-2-4-6-8-10-12-14-16-22(33)34)40-30-28(26(38)24(36)21(18-32)42-30)43-29-27(39)25(37)23(35)20(17-31)41-29/h2-3,19-21,23-32,35-39H,4-18H2,1H3,(H,33,34)/p-1/b3-2-/t19?,20-,21-,23-,24-,25+,26+,27-,28-,29+,30-/m1/s1. The summed E-state index contributed by atoms with van der Waals surface area (Å²) in [6, 6.07) is 0. The Morgan fingerprint density at radius 3 is 1.81 bits per heavy atom. The van der Waals surface area contributed by atoms with E-state index in [9.17, 15) is 45.6 Å². The SMILES string of the molecule is CC(CCCCCC/C=C\CCCCCCCC(=O)[O-])O[C@@H]1O[C@H](CO)[C@@H](O)[C@H](O)[C@H]1O[C@@H]1O[C@H](CO)[C@@H](O)[C@H](O)[C@H]1O. The van der Waals surface area contributed by atoms with Crippen molar-refractivity contribution in [2.24, 2.45) is 0 Å². The minimum Gasteiger partial charge on any atom is -0.550 e. The van der Waals surface area contributed by atoms with Crippen molar-refractivity contribution in [3.8, 4) is 0 Å². The third kappa shape index (κ3) is 13.0. The monoisotopic (exact) mass is 621 g/mol. The van der Waals surface area contributed by atoms with Crippen molar-refractivity contribution in [3.05, 3.63) is 12.2 Å². The van der Waals surface area contributed by atoms with Crippen molar-refractivity contribution in [3.63, 3.8) is 0 Å². The van der Waals surface area contributed by atoms with Gasteiger partial charge in [-0.05, 0) is 51.9 Å². The van der Waals surface area contributed by atoms with E-state index in [1.807, 2.05) is 6.92 Å². The average molecular weight is 622 g/mol. The van der Waals surface area contributed by atoms with Gasteiger partial charge in [0.1, 0.15) is 48.8 Å². The van der Waals surface area contributed by atoms with Crippen LogP contribution < -0.4 is 5.11 Å². The number of allylic oxidation sites excluding steroid dienone is 2. The Hall–Kier alpha value is -1.23. The Morgan fingerprint density at radius 1 is 0.721 bits per heavy atom. The smallest absolute Gasteiger partial charge is 0.187 e. The molecule has 43 heavy (non-hydrogen) atoms. The fraction of sp³-hybridized carbons (Fsp3) is 0.900. The largest absolute Gasteiger partial charge is 0.550 e. The molecule has 2 saturated heterocycles. The average Bonchev–Trinajstić information content (AvgIpc) is 2.98. The number of carboxylic acid groups (broad SMARTS) is 1. The molecule has 0 saturated carbocycles. The molecule has 252 valence electrons. The van der Waals surface area contributed by atoms with Gasteiger partial charge in [-0.2, -0.15) is 0 Å². The number of rotatable bonds is 21. The van der Waals surface area contributed by atoms with Crippen LogP contribution in [0.25, 0.3) is 0 Å². The number of aliphatic hydroxyl groups excluding tert-OH is 7. The lowest BCUT2D eigenvalue weighted by Crippen LogP contribution is -2.64. The maximum atomic E-state index is 10.7. The second-order valence-corrected chi connectivity index (χ2v) is 11.6. The lowest BCUT2D eigenvalue weighted by atomic mass is 9.97. The van der Waals surface area contributed by atoms with Crippen LogP contribution in [0.2, 0.25) is 0 Å². The normalized spacial score (nSPS) is 34.0. The third-order valence-electron chi connectivity index (χ3n) is 7.98. The van der Waals surface area contributed by atoms with E-state index in [2.05, 4.69) is 12.2 Å². The molecule has 0 radical (unpaired) electrons. The van der Waals surface area contributed by atoms with Crippen LogP contribution in [0.15, 0.2) is 12.2 Å². The first-order chi connectivity index (χ1) is 20.6. The van der Waals surface area contributed by atoms with Gasteiger partial charge in [0.2, 0.25) is 0 Å². The van der Waals surface area contributed by atoms with Crippen molar-refractivity contribution in [2.75, 3.05) is 13.2 Å². The summed E-state index contributed by atoms with van der Waals surface area (Å²) < 4.78 is 22.7. The molecule has 7 N–H and O–H groups in total. The fourth-order valence-corrected chi connectivity index (χ4v) is 5.29. The van der Waals surface area contributed by atoms with Crippen molar-refractivity contribution < 1.29 is 64.6 Å². The molecule has 0 aromatic heterocycles. The van der Waals surface area contributed by atoms with Crippen molar-refractivity contribution in [1.29, 1.82) is 0 Å². The van der Waals surface area contributed by atoms with E-state index in [1.54, 1.807) is 0 Å². The number of carboxylic acids is 1. The van der Waals surface area contributed by atoms with Crippen LogP contribution in [0.3, 0.4) is 0 Å². The molecule has 0 bridgehead atoms. The molecule has 1 unspecified atom stereocenters. The van der Waals surface area contributed by atoms with E-state index in [0.717, 1.165) is 64.2 Å². The van der Waals surface area contributed by atoms with Crippen LogP contribution in [0.4, 0.5) is 0 Å². The van der Waals surface area contributed by atoms with E-state index < -0.39 is 80.6 Å². The summed E-state index contributed by atoms with van der Waals surface area (Å²) in [5.74, 6) is -0.977. The van der Waals surface area contributed by atoms with Gasteiger partial charge in [-0.3, -0.25) is 0 Å². The summed E-state index contributed by atoms with van der Waals surface area (Å²) >= 11 is 0. The van der Waals surface area contributed by atoms with Crippen LogP contribution in [0, 0.1) is 0 Å². The number of carbonyl (C=O) groups is 1. The highest BCUT2D eigenvalue weighted by Crippen LogP contribution is 2.30. The number of aliphatic carboxylic acids is 1. The number of ether oxygens (including phenoxy) is 4. The molecule has 2 heterocycles. The maximum absolute atomic E-state index is 10.7. The Morgan fingerprint density at radius 2 is 1.23 bits per heavy atom. The summed E-state index contributed by atoms with van der Waals surface area (Å²) in [5.41, 5.74) is 0. The van der Waals surface area contributed by atoms with Crippen LogP contribution in [0.5, 0.6) is 0 Å². The summed E-state index contributed by atoms with van der Waals surface area (Å²) in [5, 5.41) is 81.0. The van der Waals surface area contributed by atoms with Gasteiger partial charge in [0.05, 0.1) is 19.3 Å². The number of aliphatic hydroxyl groups is 7. The van der Waals surface area contributed by atoms with Gasteiger partial charge in [0.25, 0.3) is 0 Å². The van der Waals surface area contributed by atoms with E-state index in [4.69, 9.17) is 18.9 Å². The minimum absolute atomic E-state index is 0.144. The molecule has 11 atom stereocenters. The zero-order valence-electron chi connectivity index (χ0n) is 25.2. The lowest BCUT2D eigenvalue weighted by molar-refractivity contribution is -0.371. The Labute approximate surface area is 254 Å². The summed E-state index contributed by atoms with van der Waals surface area (Å²) in [4.78, 5) is 10.4. The highest BCUT2D eigenvalue weighted by atomic mass is 16.8. The van der Waals surface area contributed by atoms with Crippen LogP contribution in [0.1, 0.15) is 90.4 Å². The number of unbranched alkanes of at least 4 members (excludes halogenated alkanes) is 9. The molecule has 0 aromatic rings. The molecular weight excluding hydrogens is 568 g/mol. The first-order valence-electron chi connectivity index (χ1n) is 15.7.